The first-order valence-corrected chi connectivity index (χ1v) is 7.48. The minimum absolute atomic E-state index is 0.352. The lowest BCUT2D eigenvalue weighted by atomic mass is 9.82. The number of amides is 1. The highest BCUT2D eigenvalue weighted by molar-refractivity contribution is 5.95. The Kier molecular flexibility index (Phi) is 5.53. The molecule has 0 spiro atoms. The van der Waals surface area contributed by atoms with Gasteiger partial charge in [0.05, 0.1) is 5.92 Å². The molecule has 2 rings (SSSR count). The summed E-state index contributed by atoms with van der Waals surface area (Å²) in [6, 6.07) is 6.96. The minimum Gasteiger partial charge on any atom is -0.481 e. The molecule has 2 atom stereocenters. The number of hydrogen-bond donors (Lipinski definition) is 5. The summed E-state index contributed by atoms with van der Waals surface area (Å²) in [5.74, 6) is -1.93. The number of carboxylic acid groups (broad SMARTS) is 1. The van der Waals surface area contributed by atoms with Crippen molar-refractivity contribution < 1.29 is 14.7 Å². The topological polar surface area (TPSA) is 129 Å². The van der Waals surface area contributed by atoms with Gasteiger partial charge < -0.3 is 10.8 Å². The van der Waals surface area contributed by atoms with Crippen LogP contribution < -0.4 is 22.2 Å². The van der Waals surface area contributed by atoms with E-state index in [2.05, 4.69) is 21.6 Å². The third-order valence-corrected chi connectivity index (χ3v) is 3.90. The normalized spacial score (nSPS) is 16.0. The number of hydrazine groups is 2. The molecule has 0 radical (unpaired) electrons. The Bertz CT molecular complexity index is 617. The van der Waals surface area contributed by atoms with E-state index in [4.69, 9.17) is 5.73 Å². The molecule has 23 heavy (non-hydrogen) atoms. The molecule has 0 aromatic heterocycles. The van der Waals surface area contributed by atoms with Gasteiger partial charge >= 0.3 is 5.97 Å². The first kappa shape index (κ1) is 16.8. The molecule has 1 aliphatic heterocycles. The zero-order valence-corrected chi connectivity index (χ0v) is 12.9. The number of rotatable bonds is 8. The van der Waals surface area contributed by atoms with Crippen molar-refractivity contribution in [2.45, 2.75) is 26.2 Å². The van der Waals surface area contributed by atoms with Crippen molar-refractivity contribution in [3.8, 4) is 0 Å². The van der Waals surface area contributed by atoms with E-state index in [1.165, 1.54) is 0 Å². The van der Waals surface area contributed by atoms with Crippen LogP contribution in [0.5, 0.6) is 0 Å². The van der Waals surface area contributed by atoms with Crippen molar-refractivity contribution in [3.63, 3.8) is 0 Å². The third kappa shape index (κ3) is 3.98. The lowest BCUT2D eigenvalue weighted by Crippen LogP contribution is -2.42. The Labute approximate surface area is 134 Å². The van der Waals surface area contributed by atoms with Crippen molar-refractivity contribution in [3.05, 3.63) is 35.4 Å². The molecule has 6 N–H and O–H groups in total. The Morgan fingerprint density at radius 2 is 2.09 bits per heavy atom. The van der Waals surface area contributed by atoms with Crippen LogP contribution in [0.15, 0.2) is 29.4 Å². The summed E-state index contributed by atoms with van der Waals surface area (Å²) in [6.07, 6.45) is 1.60. The van der Waals surface area contributed by atoms with Gasteiger partial charge in [-0.3, -0.25) is 15.0 Å². The molecular weight excluding hydrogens is 298 g/mol. The molecule has 0 aliphatic carbocycles. The number of carbonyl (C=O) groups is 2. The largest absolute Gasteiger partial charge is 0.481 e. The van der Waals surface area contributed by atoms with Gasteiger partial charge in [-0.05, 0) is 24.5 Å². The van der Waals surface area contributed by atoms with Gasteiger partial charge in [0.25, 0.3) is 0 Å². The molecule has 1 heterocycles. The second-order valence-electron chi connectivity index (χ2n) is 5.42. The number of primary amides is 1. The van der Waals surface area contributed by atoms with Crippen molar-refractivity contribution >= 4 is 17.7 Å². The van der Waals surface area contributed by atoms with Gasteiger partial charge in [0.2, 0.25) is 5.91 Å². The monoisotopic (exact) mass is 319 g/mol. The van der Waals surface area contributed by atoms with E-state index in [0.29, 0.717) is 29.8 Å². The van der Waals surface area contributed by atoms with Crippen LogP contribution in [0, 0.1) is 11.8 Å². The number of aliphatic carboxylic acids is 1. The van der Waals surface area contributed by atoms with E-state index in [-0.39, 0.29) is 0 Å². The highest BCUT2D eigenvalue weighted by Crippen LogP contribution is 2.25. The Balaban J connectivity index is 2.35. The molecule has 8 heteroatoms. The molecule has 1 aromatic rings. The van der Waals surface area contributed by atoms with Crippen LogP contribution in [-0.4, -0.2) is 22.8 Å². The van der Waals surface area contributed by atoms with Gasteiger partial charge in [-0.1, -0.05) is 31.5 Å². The average molecular weight is 319 g/mol. The van der Waals surface area contributed by atoms with Crippen LogP contribution >= 0.6 is 0 Å². The fraction of sp³-hybridized carbons (Fsp3) is 0.400. The number of nitrogens with one attached hydrogen (secondary N) is 3. The Hall–Kier alpha value is -2.61. The van der Waals surface area contributed by atoms with Crippen LogP contribution in [0.4, 0.5) is 0 Å². The molecule has 124 valence electrons. The lowest BCUT2D eigenvalue weighted by Gasteiger charge is -2.24. The smallest absolute Gasteiger partial charge is 0.307 e. The maximum atomic E-state index is 11.7. The van der Waals surface area contributed by atoms with Crippen molar-refractivity contribution in [2.24, 2.45) is 22.7 Å². The minimum atomic E-state index is -0.884. The second-order valence-corrected chi connectivity index (χ2v) is 5.42. The standard InChI is InChI=1S/C15H21N5O3/c1-2-5-11(15(22)23)12(14-17-19-20-18-14)8-9-6-3-4-7-10(9)13(16)21/h3-4,6-7,11-12,19-20H,2,5,8H2,1H3,(H2,16,21)(H,17,18)(H,22,23)/t11-,12-/m0/s1. The summed E-state index contributed by atoms with van der Waals surface area (Å²) in [5.41, 5.74) is 14.5. The first-order chi connectivity index (χ1) is 11.0. The number of benzene rings is 1. The zero-order chi connectivity index (χ0) is 16.8. The van der Waals surface area contributed by atoms with Crippen LogP contribution in [0.2, 0.25) is 0 Å². The number of carboxylic acids is 1. The number of hydrazone groups is 1. The second kappa shape index (κ2) is 7.59. The lowest BCUT2D eigenvalue weighted by molar-refractivity contribution is -0.143. The van der Waals surface area contributed by atoms with Gasteiger partial charge in [-0.2, -0.15) is 0 Å². The van der Waals surface area contributed by atoms with Crippen molar-refractivity contribution in [1.29, 1.82) is 0 Å². The third-order valence-electron chi connectivity index (χ3n) is 3.90. The molecule has 0 saturated carbocycles. The highest BCUT2D eigenvalue weighted by atomic mass is 16.4. The number of carbonyl (C=O) groups excluding carboxylic acids is 1. The number of amidine groups is 1. The van der Waals surface area contributed by atoms with E-state index >= 15 is 0 Å². The van der Waals surface area contributed by atoms with Crippen LogP contribution in [0.3, 0.4) is 0 Å². The van der Waals surface area contributed by atoms with Gasteiger partial charge in [0, 0.05) is 11.5 Å². The zero-order valence-electron chi connectivity index (χ0n) is 12.9. The maximum Gasteiger partial charge on any atom is 0.307 e. The Morgan fingerprint density at radius 1 is 1.35 bits per heavy atom. The predicted molar refractivity (Wildman–Crippen MR) is 85.0 cm³/mol. The van der Waals surface area contributed by atoms with Gasteiger partial charge in [-0.15, -0.1) is 10.6 Å². The molecular formula is C15H21N5O3. The average Bonchev–Trinajstić information content (AvgIpc) is 3.05. The molecule has 0 saturated heterocycles. The molecule has 8 nitrogen and oxygen atoms in total. The van der Waals surface area contributed by atoms with E-state index < -0.39 is 23.7 Å². The van der Waals surface area contributed by atoms with Crippen LogP contribution in [0.1, 0.15) is 35.7 Å². The fourth-order valence-electron chi connectivity index (χ4n) is 2.80. The predicted octanol–water partition coefficient (Wildman–Crippen LogP) is 0.371. The molecule has 0 unspecified atom stereocenters. The molecule has 1 aliphatic rings. The van der Waals surface area contributed by atoms with E-state index in [1.807, 2.05) is 6.92 Å². The van der Waals surface area contributed by atoms with Crippen LogP contribution in [0.25, 0.3) is 0 Å². The van der Waals surface area contributed by atoms with Crippen LogP contribution in [-0.2, 0) is 11.2 Å². The molecule has 0 bridgehead atoms. The van der Waals surface area contributed by atoms with E-state index in [0.717, 1.165) is 6.42 Å². The number of hydrogen-bond acceptors (Lipinski definition) is 6. The summed E-state index contributed by atoms with van der Waals surface area (Å²) in [5, 5.41) is 13.6. The maximum absolute atomic E-state index is 11.7. The number of nitrogens with zero attached hydrogens (tertiary/aromatic N) is 1. The summed E-state index contributed by atoms with van der Waals surface area (Å²) in [4.78, 5) is 23.3. The van der Waals surface area contributed by atoms with Crippen molar-refractivity contribution in [1.82, 2.24) is 16.5 Å². The van der Waals surface area contributed by atoms with E-state index in [1.54, 1.807) is 24.3 Å². The summed E-state index contributed by atoms with van der Waals surface area (Å²) >= 11 is 0. The SMILES string of the molecule is CCC[C@H](C(=O)O)[C@H](Cc1ccccc1C(N)=O)C1=NNNN1. The highest BCUT2D eigenvalue weighted by Gasteiger charge is 2.33. The quantitative estimate of drug-likeness (QED) is 0.471. The van der Waals surface area contributed by atoms with E-state index in [9.17, 15) is 14.7 Å². The number of nitrogens with two attached hydrogens (primary N) is 1. The summed E-state index contributed by atoms with van der Waals surface area (Å²) in [7, 11) is 0. The summed E-state index contributed by atoms with van der Waals surface area (Å²) < 4.78 is 0. The molecule has 1 aromatic carbocycles. The molecule has 1 amide bonds. The van der Waals surface area contributed by atoms with Crippen molar-refractivity contribution in [2.75, 3.05) is 0 Å². The fourth-order valence-corrected chi connectivity index (χ4v) is 2.80. The van der Waals surface area contributed by atoms with Gasteiger partial charge in [0.1, 0.15) is 5.84 Å². The van der Waals surface area contributed by atoms with Gasteiger partial charge in [0.15, 0.2) is 0 Å². The van der Waals surface area contributed by atoms with Gasteiger partial charge in [-0.25, -0.2) is 5.53 Å². The first-order valence-electron chi connectivity index (χ1n) is 7.48. The Morgan fingerprint density at radius 3 is 2.65 bits per heavy atom. The summed E-state index contributed by atoms with van der Waals surface area (Å²) in [6.45, 7) is 1.94. The molecule has 0 fully saturated rings.